The molecular formula is C14H20O2. The summed E-state index contributed by atoms with van der Waals surface area (Å²) in [5, 5.41) is 0. The topological polar surface area (TPSA) is 26.3 Å². The van der Waals surface area contributed by atoms with Crippen LogP contribution >= 0.6 is 0 Å². The van der Waals surface area contributed by atoms with E-state index in [1.54, 1.807) is 0 Å². The van der Waals surface area contributed by atoms with Gasteiger partial charge in [0.2, 0.25) is 0 Å². The third-order valence-corrected chi connectivity index (χ3v) is 2.61. The molecule has 0 N–H and O–H groups in total. The Balaban J connectivity index is 2.61. The highest BCUT2D eigenvalue weighted by atomic mass is 16.5. The molecule has 0 aromatic heterocycles. The van der Waals surface area contributed by atoms with Crippen molar-refractivity contribution in [3.05, 3.63) is 29.3 Å². The van der Waals surface area contributed by atoms with Gasteiger partial charge in [0.1, 0.15) is 5.75 Å². The van der Waals surface area contributed by atoms with E-state index >= 15 is 0 Å². The molecule has 0 amide bonds. The summed E-state index contributed by atoms with van der Waals surface area (Å²) in [7, 11) is 0. The summed E-state index contributed by atoms with van der Waals surface area (Å²) >= 11 is 0. The van der Waals surface area contributed by atoms with E-state index in [0.717, 1.165) is 19.1 Å². The van der Waals surface area contributed by atoms with E-state index in [-0.39, 0.29) is 0 Å². The van der Waals surface area contributed by atoms with Crippen LogP contribution in [-0.2, 0) is 6.42 Å². The van der Waals surface area contributed by atoms with E-state index in [1.165, 1.54) is 18.4 Å². The average Bonchev–Trinajstić information content (AvgIpc) is 2.34. The van der Waals surface area contributed by atoms with Crippen molar-refractivity contribution in [3.8, 4) is 5.75 Å². The Kier molecular flexibility index (Phi) is 5.62. The van der Waals surface area contributed by atoms with Crippen LogP contribution in [0.25, 0.3) is 0 Å². The normalized spacial score (nSPS) is 10.1. The molecule has 0 bridgehead atoms. The molecule has 0 aliphatic heterocycles. The Morgan fingerprint density at radius 2 is 2.06 bits per heavy atom. The Morgan fingerprint density at radius 3 is 2.69 bits per heavy atom. The van der Waals surface area contributed by atoms with Crippen molar-refractivity contribution in [1.82, 2.24) is 0 Å². The second-order valence-electron chi connectivity index (χ2n) is 3.90. The number of hydrogen-bond donors (Lipinski definition) is 0. The van der Waals surface area contributed by atoms with Crippen LogP contribution in [-0.4, -0.2) is 12.9 Å². The number of hydrogen-bond acceptors (Lipinski definition) is 2. The molecule has 88 valence electrons. The number of carbonyl (C=O) groups is 1. The highest BCUT2D eigenvalue weighted by Crippen LogP contribution is 2.19. The van der Waals surface area contributed by atoms with E-state index in [4.69, 9.17) is 4.74 Å². The largest absolute Gasteiger partial charge is 0.493 e. The van der Waals surface area contributed by atoms with Gasteiger partial charge in [-0.25, -0.2) is 0 Å². The molecule has 1 rings (SSSR count). The fraction of sp³-hybridized carbons (Fsp3) is 0.500. The van der Waals surface area contributed by atoms with Crippen molar-refractivity contribution in [3.63, 3.8) is 0 Å². The third kappa shape index (κ3) is 3.69. The van der Waals surface area contributed by atoms with Crippen LogP contribution in [0, 0.1) is 0 Å². The molecule has 0 spiro atoms. The molecule has 0 saturated heterocycles. The van der Waals surface area contributed by atoms with Gasteiger partial charge in [0, 0.05) is 0 Å². The van der Waals surface area contributed by atoms with Crippen LogP contribution in [0.4, 0.5) is 0 Å². The summed E-state index contributed by atoms with van der Waals surface area (Å²) in [6, 6.07) is 5.82. The number of rotatable bonds is 7. The zero-order valence-electron chi connectivity index (χ0n) is 10.2. The molecular weight excluding hydrogens is 200 g/mol. The van der Waals surface area contributed by atoms with Crippen LogP contribution in [0.15, 0.2) is 18.2 Å². The van der Waals surface area contributed by atoms with Gasteiger partial charge in [0.05, 0.1) is 12.2 Å². The van der Waals surface area contributed by atoms with Gasteiger partial charge in [0.25, 0.3) is 0 Å². The molecule has 0 aliphatic rings. The van der Waals surface area contributed by atoms with E-state index in [2.05, 4.69) is 13.8 Å². The van der Waals surface area contributed by atoms with Crippen LogP contribution in [0.5, 0.6) is 5.75 Å². The first-order valence-electron chi connectivity index (χ1n) is 6.02. The molecule has 2 nitrogen and oxygen atoms in total. The van der Waals surface area contributed by atoms with E-state index < -0.39 is 0 Å². The van der Waals surface area contributed by atoms with Gasteiger partial charge in [-0.1, -0.05) is 32.8 Å². The second-order valence-corrected chi connectivity index (χ2v) is 3.90. The molecule has 2 heteroatoms. The first-order valence-corrected chi connectivity index (χ1v) is 6.02. The van der Waals surface area contributed by atoms with Crippen LogP contribution in [0.1, 0.15) is 49.0 Å². The summed E-state index contributed by atoms with van der Waals surface area (Å²) in [5.41, 5.74) is 1.83. The van der Waals surface area contributed by atoms with E-state index in [1.807, 2.05) is 18.2 Å². The average molecular weight is 220 g/mol. The number of aryl methyl sites for hydroxylation is 1. The minimum absolute atomic E-state index is 0.663. The Hall–Kier alpha value is -1.31. The summed E-state index contributed by atoms with van der Waals surface area (Å²) in [5.74, 6) is 0.711. The second kappa shape index (κ2) is 7.04. The lowest BCUT2D eigenvalue weighted by Gasteiger charge is -2.09. The van der Waals surface area contributed by atoms with E-state index in [0.29, 0.717) is 17.9 Å². The van der Waals surface area contributed by atoms with Crippen molar-refractivity contribution in [2.24, 2.45) is 0 Å². The lowest BCUT2D eigenvalue weighted by Crippen LogP contribution is -2.00. The zero-order valence-corrected chi connectivity index (χ0v) is 10.2. The monoisotopic (exact) mass is 220 g/mol. The number of benzene rings is 1. The van der Waals surface area contributed by atoms with Crippen molar-refractivity contribution in [2.45, 2.75) is 39.5 Å². The number of carbonyl (C=O) groups excluding carboxylic acids is 1. The highest BCUT2D eigenvalue weighted by molar-refractivity contribution is 5.79. The molecule has 0 aliphatic carbocycles. The molecule has 0 heterocycles. The van der Waals surface area contributed by atoms with Gasteiger partial charge in [0.15, 0.2) is 6.29 Å². The molecule has 0 fully saturated rings. The van der Waals surface area contributed by atoms with Crippen LogP contribution in [0.3, 0.4) is 0 Å². The predicted molar refractivity (Wildman–Crippen MR) is 66.2 cm³/mol. The lowest BCUT2D eigenvalue weighted by atomic mass is 10.1. The molecule has 0 saturated carbocycles. The van der Waals surface area contributed by atoms with Gasteiger partial charge in [-0.3, -0.25) is 4.79 Å². The maximum atomic E-state index is 10.9. The number of unbranched alkanes of at least 4 members (excludes halogenated alkanes) is 2. The van der Waals surface area contributed by atoms with Crippen molar-refractivity contribution >= 4 is 6.29 Å². The molecule has 0 radical (unpaired) electrons. The first kappa shape index (κ1) is 12.8. The van der Waals surface area contributed by atoms with Crippen molar-refractivity contribution < 1.29 is 9.53 Å². The summed E-state index contributed by atoms with van der Waals surface area (Å²) < 4.78 is 5.60. The molecule has 0 unspecified atom stereocenters. The predicted octanol–water partition coefficient (Wildman–Crippen LogP) is 3.63. The van der Waals surface area contributed by atoms with Crippen molar-refractivity contribution in [2.75, 3.05) is 6.61 Å². The maximum absolute atomic E-state index is 10.9. The lowest BCUT2D eigenvalue weighted by molar-refractivity contribution is 0.111. The SMILES string of the molecule is CCCCCOc1ccc(CC)cc1C=O. The zero-order chi connectivity index (χ0) is 11.8. The van der Waals surface area contributed by atoms with Gasteiger partial charge < -0.3 is 4.74 Å². The molecule has 0 atom stereocenters. The fourth-order valence-electron chi connectivity index (χ4n) is 1.58. The standard InChI is InChI=1S/C14H20O2/c1-3-5-6-9-16-14-8-7-12(4-2)10-13(14)11-15/h7-8,10-11H,3-6,9H2,1-2H3. The summed E-state index contributed by atoms with van der Waals surface area (Å²) in [6.07, 6.45) is 5.21. The Labute approximate surface area is 97.6 Å². The number of ether oxygens (including phenoxy) is 1. The molecule has 1 aromatic carbocycles. The maximum Gasteiger partial charge on any atom is 0.153 e. The van der Waals surface area contributed by atoms with Gasteiger partial charge in [-0.15, -0.1) is 0 Å². The molecule has 16 heavy (non-hydrogen) atoms. The third-order valence-electron chi connectivity index (χ3n) is 2.61. The smallest absolute Gasteiger partial charge is 0.153 e. The quantitative estimate of drug-likeness (QED) is 0.518. The first-order chi connectivity index (χ1) is 7.81. The van der Waals surface area contributed by atoms with Gasteiger partial charge in [-0.05, 0) is 30.5 Å². The van der Waals surface area contributed by atoms with Gasteiger partial charge >= 0.3 is 0 Å². The minimum atomic E-state index is 0.663. The fourth-order valence-corrected chi connectivity index (χ4v) is 1.58. The Bertz CT molecular complexity index is 332. The van der Waals surface area contributed by atoms with E-state index in [9.17, 15) is 4.79 Å². The number of aldehydes is 1. The van der Waals surface area contributed by atoms with Gasteiger partial charge in [-0.2, -0.15) is 0 Å². The van der Waals surface area contributed by atoms with Crippen LogP contribution < -0.4 is 4.74 Å². The van der Waals surface area contributed by atoms with Crippen LogP contribution in [0.2, 0.25) is 0 Å². The molecule has 1 aromatic rings. The Morgan fingerprint density at radius 1 is 1.25 bits per heavy atom. The summed E-state index contributed by atoms with van der Waals surface area (Å²) in [4.78, 5) is 10.9. The summed E-state index contributed by atoms with van der Waals surface area (Å²) in [6.45, 7) is 4.93. The van der Waals surface area contributed by atoms with Crippen molar-refractivity contribution in [1.29, 1.82) is 0 Å². The highest BCUT2D eigenvalue weighted by Gasteiger charge is 2.03. The minimum Gasteiger partial charge on any atom is -0.493 e.